The van der Waals surface area contributed by atoms with Crippen LogP contribution in [0.5, 0.6) is 0 Å². The Morgan fingerprint density at radius 1 is 1.16 bits per heavy atom. The lowest BCUT2D eigenvalue weighted by atomic mass is 10.2. The van der Waals surface area contributed by atoms with Crippen LogP contribution in [0.1, 0.15) is 12.8 Å². The fraction of sp³-hybridized carbons (Fsp3) is 0.231. The van der Waals surface area contributed by atoms with Crippen LogP contribution >= 0.6 is 0 Å². The average Bonchev–Trinajstić information content (AvgIpc) is 2.44. The molecular weight excluding hydrogens is 246 g/mol. The number of methoxy groups -OCH3 is 1. The normalized spacial score (nSPS) is 10.2. The molecule has 0 saturated carbocycles. The van der Waals surface area contributed by atoms with Gasteiger partial charge in [0.2, 0.25) is 5.91 Å². The topological polar surface area (TPSA) is 81.2 Å². The first kappa shape index (κ1) is 12.9. The van der Waals surface area contributed by atoms with Crippen molar-refractivity contribution in [2.45, 2.75) is 12.8 Å². The molecule has 0 atom stereocenters. The molecule has 6 nitrogen and oxygen atoms in total. The van der Waals surface area contributed by atoms with Gasteiger partial charge >= 0.3 is 5.97 Å². The number of benzene rings is 1. The molecule has 0 radical (unpaired) electrons. The van der Waals surface area contributed by atoms with E-state index in [2.05, 4.69) is 20.0 Å². The van der Waals surface area contributed by atoms with E-state index in [0.717, 1.165) is 5.52 Å². The highest BCUT2D eigenvalue weighted by Crippen LogP contribution is 2.15. The zero-order valence-electron chi connectivity index (χ0n) is 10.4. The maximum absolute atomic E-state index is 11.6. The second-order valence-corrected chi connectivity index (χ2v) is 3.88. The van der Waals surface area contributed by atoms with Gasteiger partial charge in [-0.15, -0.1) is 0 Å². The van der Waals surface area contributed by atoms with Crippen molar-refractivity contribution < 1.29 is 14.3 Å². The minimum Gasteiger partial charge on any atom is -0.469 e. The summed E-state index contributed by atoms with van der Waals surface area (Å²) in [7, 11) is 1.29. The molecule has 0 aliphatic carbocycles. The number of carbonyl (C=O) groups excluding carboxylic acids is 2. The molecule has 0 fully saturated rings. The number of ether oxygens (including phenoxy) is 1. The Morgan fingerprint density at radius 3 is 2.63 bits per heavy atom. The van der Waals surface area contributed by atoms with Crippen molar-refractivity contribution in [1.29, 1.82) is 0 Å². The van der Waals surface area contributed by atoms with Gasteiger partial charge in [0.05, 0.1) is 24.6 Å². The maximum Gasteiger partial charge on any atom is 0.306 e. The molecule has 0 unspecified atom stereocenters. The van der Waals surface area contributed by atoms with Crippen LogP contribution < -0.4 is 5.32 Å². The van der Waals surface area contributed by atoms with Gasteiger partial charge in [-0.1, -0.05) is 0 Å². The van der Waals surface area contributed by atoms with E-state index in [9.17, 15) is 9.59 Å². The van der Waals surface area contributed by atoms with Crippen molar-refractivity contribution in [3.05, 3.63) is 30.6 Å². The van der Waals surface area contributed by atoms with Crippen LogP contribution in [0.3, 0.4) is 0 Å². The summed E-state index contributed by atoms with van der Waals surface area (Å²) < 4.78 is 4.47. The fourth-order valence-corrected chi connectivity index (χ4v) is 1.58. The second kappa shape index (κ2) is 5.90. The number of anilines is 1. The Morgan fingerprint density at radius 2 is 1.89 bits per heavy atom. The molecule has 1 amide bonds. The third kappa shape index (κ3) is 3.48. The predicted molar refractivity (Wildman–Crippen MR) is 69.4 cm³/mol. The molecule has 2 aromatic rings. The van der Waals surface area contributed by atoms with Gasteiger partial charge in [0.15, 0.2) is 0 Å². The maximum atomic E-state index is 11.6. The van der Waals surface area contributed by atoms with Crippen molar-refractivity contribution in [3.8, 4) is 0 Å². The summed E-state index contributed by atoms with van der Waals surface area (Å²) >= 11 is 0. The Balaban J connectivity index is 2.01. The molecule has 0 bridgehead atoms. The van der Waals surface area contributed by atoms with Gasteiger partial charge in [-0.2, -0.15) is 0 Å². The predicted octanol–water partition coefficient (Wildman–Crippen LogP) is 1.52. The van der Waals surface area contributed by atoms with Crippen molar-refractivity contribution in [2.75, 3.05) is 12.4 Å². The zero-order valence-corrected chi connectivity index (χ0v) is 10.4. The van der Waals surface area contributed by atoms with E-state index in [-0.39, 0.29) is 18.7 Å². The molecule has 98 valence electrons. The molecular formula is C13H13N3O3. The van der Waals surface area contributed by atoms with Crippen LogP contribution in [0.15, 0.2) is 30.6 Å². The first-order valence-corrected chi connectivity index (χ1v) is 5.76. The number of aromatic nitrogens is 2. The average molecular weight is 259 g/mol. The van der Waals surface area contributed by atoms with E-state index < -0.39 is 5.97 Å². The molecule has 6 heteroatoms. The summed E-state index contributed by atoms with van der Waals surface area (Å²) in [4.78, 5) is 30.8. The summed E-state index contributed by atoms with van der Waals surface area (Å²) in [5.41, 5.74) is 2.09. The third-order valence-corrected chi connectivity index (χ3v) is 2.54. The van der Waals surface area contributed by atoms with Gasteiger partial charge in [0.1, 0.15) is 0 Å². The Labute approximate surface area is 109 Å². The van der Waals surface area contributed by atoms with E-state index in [4.69, 9.17) is 0 Å². The number of hydrogen-bond acceptors (Lipinski definition) is 5. The lowest BCUT2D eigenvalue weighted by Gasteiger charge is -2.05. The van der Waals surface area contributed by atoms with Crippen LogP contribution in [-0.2, 0) is 14.3 Å². The molecule has 1 N–H and O–H groups in total. The second-order valence-electron chi connectivity index (χ2n) is 3.88. The van der Waals surface area contributed by atoms with Gasteiger partial charge in [0, 0.05) is 24.5 Å². The quantitative estimate of drug-likeness (QED) is 0.842. The first-order valence-electron chi connectivity index (χ1n) is 5.76. The number of hydrogen-bond donors (Lipinski definition) is 1. The molecule has 19 heavy (non-hydrogen) atoms. The monoisotopic (exact) mass is 259 g/mol. The molecule has 0 aliphatic heterocycles. The van der Waals surface area contributed by atoms with Gasteiger partial charge in [-0.05, 0) is 18.2 Å². The Kier molecular flexibility index (Phi) is 4.02. The van der Waals surface area contributed by atoms with Crippen molar-refractivity contribution in [2.24, 2.45) is 0 Å². The molecule has 0 aliphatic rings. The number of nitrogens with one attached hydrogen (secondary N) is 1. The molecule has 2 rings (SSSR count). The minimum atomic E-state index is -0.403. The number of fused-ring (bicyclic) bond motifs is 1. The summed E-state index contributed by atoms with van der Waals surface area (Å²) in [6.07, 6.45) is 3.35. The Hall–Kier alpha value is -2.50. The van der Waals surface area contributed by atoms with Crippen LogP contribution in [0.4, 0.5) is 5.69 Å². The molecule has 1 aromatic heterocycles. The summed E-state index contributed by atoms with van der Waals surface area (Å²) in [5.74, 6) is -0.645. The van der Waals surface area contributed by atoms with E-state index in [1.165, 1.54) is 7.11 Å². The van der Waals surface area contributed by atoms with Gasteiger partial charge in [0.25, 0.3) is 0 Å². The van der Waals surface area contributed by atoms with E-state index in [1.54, 1.807) is 30.6 Å². The number of nitrogens with zero attached hydrogens (tertiary/aromatic N) is 2. The van der Waals surface area contributed by atoms with Gasteiger partial charge < -0.3 is 10.1 Å². The number of carbonyl (C=O) groups is 2. The third-order valence-electron chi connectivity index (χ3n) is 2.54. The highest BCUT2D eigenvalue weighted by Gasteiger charge is 2.07. The highest BCUT2D eigenvalue weighted by atomic mass is 16.5. The minimum absolute atomic E-state index is 0.0652. The number of rotatable bonds is 4. The van der Waals surface area contributed by atoms with Gasteiger partial charge in [-0.3, -0.25) is 19.6 Å². The molecule has 0 spiro atoms. The zero-order chi connectivity index (χ0) is 13.7. The summed E-state index contributed by atoms with van der Waals surface area (Å²) in [6.45, 7) is 0. The Bertz CT molecular complexity index is 613. The van der Waals surface area contributed by atoms with Crippen LogP contribution in [0.25, 0.3) is 11.0 Å². The van der Waals surface area contributed by atoms with E-state index in [1.807, 2.05) is 0 Å². The van der Waals surface area contributed by atoms with Crippen molar-refractivity contribution >= 4 is 28.6 Å². The highest BCUT2D eigenvalue weighted by molar-refractivity contribution is 5.94. The summed E-state index contributed by atoms with van der Waals surface area (Å²) in [5, 5.41) is 2.70. The van der Waals surface area contributed by atoms with Gasteiger partial charge in [-0.25, -0.2) is 0 Å². The molecule has 1 aromatic carbocycles. The first-order chi connectivity index (χ1) is 9.19. The van der Waals surface area contributed by atoms with Crippen molar-refractivity contribution in [1.82, 2.24) is 9.97 Å². The van der Waals surface area contributed by atoms with Crippen LogP contribution in [0.2, 0.25) is 0 Å². The fourth-order valence-electron chi connectivity index (χ4n) is 1.58. The van der Waals surface area contributed by atoms with Crippen LogP contribution in [0, 0.1) is 0 Å². The number of amides is 1. The number of esters is 1. The largest absolute Gasteiger partial charge is 0.469 e. The van der Waals surface area contributed by atoms with Crippen molar-refractivity contribution in [3.63, 3.8) is 0 Å². The van der Waals surface area contributed by atoms with E-state index >= 15 is 0 Å². The van der Waals surface area contributed by atoms with E-state index in [0.29, 0.717) is 11.2 Å². The van der Waals surface area contributed by atoms with Crippen LogP contribution in [-0.4, -0.2) is 29.0 Å². The SMILES string of the molecule is COC(=O)CCC(=O)Nc1ccc2nccnc2c1. The summed E-state index contributed by atoms with van der Waals surface area (Å²) in [6, 6.07) is 5.25. The lowest BCUT2D eigenvalue weighted by Crippen LogP contribution is -2.13. The molecule has 1 heterocycles. The molecule has 0 saturated heterocycles. The standard InChI is InChI=1S/C13H13N3O3/c1-19-13(18)5-4-12(17)16-9-2-3-10-11(8-9)15-7-6-14-10/h2-3,6-8H,4-5H2,1H3,(H,16,17). The lowest BCUT2D eigenvalue weighted by molar-refractivity contribution is -0.141. The smallest absolute Gasteiger partial charge is 0.306 e.